The zero-order chi connectivity index (χ0) is 20.1. The van der Waals surface area contributed by atoms with Crippen LogP contribution in [0.4, 0.5) is 0 Å². The summed E-state index contributed by atoms with van der Waals surface area (Å²) in [5, 5.41) is 5.16. The number of carbonyl (C=O) groups excluding carboxylic acids is 2. The van der Waals surface area contributed by atoms with Gasteiger partial charge in [0.25, 0.3) is 5.91 Å². The number of amides is 2. The van der Waals surface area contributed by atoms with Gasteiger partial charge in [-0.25, -0.2) is 4.99 Å². The maximum Gasteiger partial charge on any atom is 0.259 e. The van der Waals surface area contributed by atoms with Crippen molar-refractivity contribution in [1.82, 2.24) is 15.6 Å². The van der Waals surface area contributed by atoms with Crippen LogP contribution in [0.5, 0.6) is 17.2 Å². The normalized spacial score (nSPS) is 15.9. The van der Waals surface area contributed by atoms with Gasteiger partial charge >= 0.3 is 0 Å². The number of hydrogen-bond donors (Lipinski definition) is 2. The molecule has 1 atom stereocenters. The standard InChI is InChI=1S/C19H20N4O5/c1-26-14-7-6-12(16(27-2)17(14)28-3)13-9-15(24)22-19(21-13)23-18(25)11-5-4-8-20-10-11/h4-8,10,13H,9H2,1-3H3,(H2,21,22,23,24,25)/t13-/m0/s1. The summed E-state index contributed by atoms with van der Waals surface area (Å²) in [6.07, 6.45) is 3.09. The zero-order valence-electron chi connectivity index (χ0n) is 15.7. The van der Waals surface area contributed by atoms with E-state index in [2.05, 4.69) is 20.6 Å². The number of benzene rings is 1. The van der Waals surface area contributed by atoms with Gasteiger partial charge in [-0.3, -0.25) is 25.2 Å². The van der Waals surface area contributed by atoms with E-state index in [0.717, 1.165) is 0 Å². The van der Waals surface area contributed by atoms with Crippen molar-refractivity contribution in [2.75, 3.05) is 21.3 Å². The van der Waals surface area contributed by atoms with Gasteiger partial charge in [-0.2, -0.15) is 0 Å². The predicted molar refractivity (Wildman–Crippen MR) is 101 cm³/mol. The van der Waals surface area contributed by atoms with Gasteiger partial charge in [-0.05, 0) is 24.3 Å². The van der Waals surface area contributed by atoms with Crippen LogP contribution in [0.3, 0.4) is 0 Å². The molecule has 1 aliphatic rings. The number of carbonyl (C=O) groups is 2. The van der Waals surface area contributed by atoms with Gasteiger partial charge in [0, 0.05) is 18.0 Å². The molecule has 3 rings (SSSR count). The Morgan fingerprint density at radius 3 is 2.57 bits per heavy atom. The molecule has 0 unspecified atom stereocenters. The highest BCUT2D eigenvalue weighted by atomic mass is 16.5. The molecule has 0 bridgehead atoms. The third kappa shape index (κ3) is 3.88. The van der Waals surface area contributed by atoms with E-state index in [9.17, 15) is 9.59 Å². The van der Waals surface area contributed by atoms with Crippen molar-refractivity contribution < 1.29 is 23.8 Å². The molecule has 9 nitrogen and oxygen atoms in total. The molecule has 2 heterocycles. The lowest BCUT2D eigenvalue weighted by Gasteiger charge is -2.24. The fraction of sp³-hybridized carbons (Fsp3) is 0.263. The van der Waals surface area contributed by atoms with Gasteiger partial charge in [-0.15, -0.1) is 0 Å². The van der Waals surface area contributed by atoms with Crippen LogP contribution in [0.2, 0.25) is 0 Å². The van der Waals surface area contributed by atoms with E-state index in [1.807, 2.05) is 0 Å². The molecule has 146 valence electrons. The van der Waals surface area contributed by atoms with Gasteiger partial charge in [0.1, 0.15) is 0 Å². The van der Waals surface area contributed by atoms with Gasteiger partial charge < -0.3 is 14.2 Å². The first-order valence-electron chi connectivity index (χ1n) is 8.45. The van der Waals surface area contributed by atoms with Crippen molar-refractivity contribution in [3.63, 3.8) is 0 Å². The zero-order valence-corrected chi connectivity index (χ0v) is 15.7. The molecule has 2 aromatic rings. The van der Waals surface area contributed by atoms with E-state index in [1.54, 1.807) is 30.5 Å². The molecule has 1 aromatic heterocycles. The molecule has 28 heavy (non-hydrogen) atoms. The van der Waals surface area contributed by atoms with Crippen molar-refractivity contribution in [2.24, 2.45) is 4.99 Å². The number of nitrogens with one attached hydrogen (secondary N) is 2. The Hall–Kier alpha value is -3.62. The van der Waals surface area contributed by atoms with Crippen molar-refractivity contribution in [2.45, 2.75) is 12.5 Å². The number of pyridine rings is 1. The first-order valence-corrected chi connectivity index (χ1v) is 8.45. The van der Waals surface area contributed by atoms with Crippen LogP contribution in [0, 0.1) is 0 Å². The summed E-state index contributed by atoms with van der Waals surface area (Å²) in [7, 11) is 4.52. The number of aliphatic imine (C=N–C) groups is 1. The highest BCUT2D eigenvalue weighted by molar-refractivity contribution is 6.10. The Bertz CT molecular complexity index is 914. The van der Waals surface area contributed by atoms with Crippen LogP contribution in [0.25, 0.3) is 0 Å². The van der Waals surface area contributed by atoms with Crippen molar-refractivity contribution >= 4 is 17.8 Å². The smallest absolute Gasteiger partial charge is 0.259 e. The topological polar surface area (TPSA) is 111 Å². The first-order chi connectivity index (χ1) is 13.6. The quantitative estimate of drug-likeness (QED) is 0.807. The number of aromatic nitrogens is 1. The molecule has 2 N–H and O–H groups in total. The Labute approximate surface area is 161 Å². The molecule has 1 aliphatic heterocycles. The Balaban J connectivity index is 1.93. The second-order valence-electron chi connectivity index (χ2n) is 5.87. The predicted octanol–water partition coefficient (Wildman–Crippen LogP) is 1.45. The summed E-state index contributed by atoms with van der Waals surface area (Å²) in [4.78, 5) is 32.9. The fourth-order valence-corrected chi connectivity index (χ4v) is 2.90. The van der Waals surface area contributed by atoms with Crippen molar-refractivity contribution in [3.8, 4) is 17.2 Å². The number of hydrogen-bond acceptors (Lipinski definition) is 7. The van der Waals surface area contributed by atoms with E-state index in [4.69, 9.17) is 14.2 Å². The Morgan fingerprint density at radius 2 is 1.93 bits per heavy atom. The number of methoxy groups -OCH3 is 3. The van der Waals surface area contributed by atoms with Crippen LogP contribution in [-0.2, 0) is 4.79 Å². The third-order valence-electron chi connectivity index (χ3n) is 4.17. The molecule has 2 amide bonds. The summed E-state index contributed by atoms with van der Waals surface area (Å²) in [5.74, 6) is 0.683. The SMILES string of the molecule is COc1ccc([C@@H]2CC(=O)NC(NC(=O)c3cccnc3)=N2)c(OC)c1OC. The summed E-state index contributed by atoms with van der Waals surface area (Å²) in [6, 6.07) is 6.17. The number of ether oxygens (including phenoxy) is 3. The van der Waals surface area contributed by atoms with E-state index >= 15 is 0 Å². The van der Waals surface area contributed by atoms with Crippen LogP contribution in [0.15, 0.2) is 41.7 Å². The minimum absolute atomic E-state index is 0.0620. The van der Waals surface area contributed by atoms with Crippen LogP contribution in [-0.4, -0.2) is 44.1 Å². The first kappa shape index (κ1) is 19.2. The lowest BCUT2D eigenvalue weighted by atomic mass is 10.0. The van der Waals surface area contributed by atoms with Gasteiger partial charge in [0.05, 0.1) is 39.4 Å². The highest BCUT2D eigenvalue weighted by Crippen LogP contribution is 2.43. The summed E-state index contributed by atoms with van der Waals surface area (Å²) in [5.41, 5.74) is 0.994. The lowest BCUT2D eigenvalue weighted by molar-refractivity contribution is -0.120. The molecule has 0 spiro atoms. The summed E-state index contributed by atoms with van der Waals surface area (Å²) < 4.78 is 16.2. The average Bonchev–Trinajstić information content (AvgIpc) is 2.72. The highest BCUT2D eigenvalue weighted by Gasteiger charge is 2.28. The van der Waals surface area contributed by atoms with E-state index in [0.29, 0.717) is 28.4 Å². The second kappa shape index (κ2) is 8.38. The van der Waals surface area contributed by atoms with Crippen molar-refractivity contribution in [3.05, 3.63) is 47.8 Å². The summed E-state index contributed by atoms with van der Waals surface area (Å²) in [6.45, 7) is 0. The Kier molecular flexibility index (Phi) is 5.73. The number of guanidine groups is 1. The van der Waals surface area contributed by atoms with E-state index < -0.39 is 11.9 Å². The Morgan fingerprint density at radius 1 is 1.14 bits per heavy atom. The molecule has 0 saturated carbocycles. The number of rotatable bonds is 5. The lowest BCUT2D eigenvalue weighted by Crippen LogP contribution is -2.47. The molecular formula is C19H20N4O5. The maximum atomic E-state index is 12.3. The average molecular weight is 384 g/mol. The minimum Gasteiger partial charge on any atom is -0.493 e. The van der Waals surface area contributed by atoms with Crippen LogP contribution in [0.1, 0.15) is 28.4 Å². The molecule has 9 heteroatoms. The molecule has 0 radical (unpaired) electrons. The maximum absolute atomic E-state index is 12.3. The fourth-order valence-electron chi connectivity index (χ4n) is 2.90. The van der Waals surface area contributed by atoms with E-state index in [-0.39, 0.29) is 18.3 Å². The van der Waals surface area contributed by atoms with Gasteiger partial charge in [-0.1, -0.05) is 0 Å². The van der Waals surface area contributed by atoms with Crippen LogP contribution < -0.4 is 24.8 Å². The van der Waals surface area contributed by atoms with Gasteiger partial charge in [0.2, 0.25) is 17.6 Å². The van der Waals surface area contributed by atoms with Gasteiger partial charge in [0.15, 0.2) is 11.5 Å². The minimum atomic E-state index is -0.562. The largest absolute Gasteiger partial charge is 0.493 e. The van der Waals surface area contributed by atoms with Crippen molar-refractivity contribution in [1.29, 1.82) is 0 Å². The molecule has 1 aromatic carbocycles. The monoisotopic (exact) mass is 384 g/mol. The number of nitrogens with zero attached hydrogens (tertiary/aromatic N) is 2. The molecule has 0 fully saturated rings. The second-order valence-corrected chi connectivity index (χ2v) is 5.87. The molecular weight excluding hydrogens is 364 g/mol. The molecule has 0 aliphatic carbocycles. The molecule has 0 saturated heterocycles. The third-order valence-corrected chi connectivity index (χ3v) is 4.17. The van der Waals surface area contributed by atoms with Crippen LogP contribution >= 0.6 is 0 Å². The van der Waals surface area contributed by atoms with E-state index in [1.165, 1.54) is 27.5 Å². The summed E-state index contributed by atoms with van der Waals surface area (Å²) >= 11 is 0.